The van der Waals surface area contributed by atoms with Gasteiger partial charge in [-0.15, -0.1) is 0 Å². The summed E-state index contributed by atoms with van der Waals surface area (Å²) in [5, 5.41) is 11.7. The maximum absolute atomic E-state index is 11.2. The summed E-state index contributed by atoms with van der Waals surface area (Å²) in [5.41, 5.74) is 8.85. The highest BCUT2D eigenvalue weighted by molar-refractivity contribution is 5.93. The number of aryl methyl sites for hydroxylation is 1. The van der Waals surface area contributed by atoms with Crippen LogP contribution in [0, 0.1) is 0 Å². The van der Waals surface area contributed by atoms with Crippen molar-refractivity contribution < 1.29 is 9.90 Å². The van der Waals surface area contributed by atoms with Crippen molar-refractivity contribution in [1.29, 1.82) is 0 Å². The van der Waals surface area contributed by atoms with Gasteiger partial charge in [-0.1, -0.05) is 12.1 Å². The maximum Gasteiger partial charge on any atom is 0.224 e. The third kappa shape index (κ3) is 2.40. The van der Waals surface area contributed by atoms with E-state index in [-0.39, 0.29) is 18.6 Å². The van der Waals surface area contributed by atoms with Gasteiger partial charge in [-0.2, -0.15) is 0 Å². The lowest BCUT2D eigenvalue weighted by Crippen LogP contribution is -2.27. The first-order chi connectivity index (χ1) is 7.69. The lowest BCUT2D eigenvalue weighted by molar-refractivity contribution is -0.116. The number of aliphatic hydroxyl groups excluding tert-OH is 1. The van der Waals surface area contributed by atoms with E-state index in [4.69, 9.17) is 10.8 Å². The Morgan fingerprint density at radius 1 is 1.44 bits per heavy atom. The Hall–Kier alpha value is -1.39. The molecule has 0 spiro atoms. The number of aliphatic hydroxyl groups is 1. The third-order valence-corrected chi connectivity index (χ3v) is 2.80. The quantitative estimate of drug-likeness (QED) is 0.691. The number of fused-ring (bicyclic) bond motifs is 1. The largest absolute Gasteiger partial charge is 0.395 e. The van der Waals surface area contributed by atoms with Crippen molar-refractivity contribution in [2.75, 3.05) is 11.9 Å². The van der Waals surface area contributed by atoms with Crippen LogP contribution in [0.25, 0.3) is 0 Å². The fourth-order valence-electron chi connectivity index (χ4n) is 1.93. The zero-order chi connectivity index (χ0) is 11.5. The molecule has 0 radical (unpaired) electrons. The van der Waals surface area contributed by atoms with E-state index in [1.54, 1.807) is 0 Å². The number of hydrogen-bond donors (Lipinski definition) is 3. The summed E-state index contributed by atoms with van der Waals surface area (Å²) in [6.07, 6.45) is 1.99. The van der Waals surface area contributed by atoms with Crippen LogP contribution in [0.1, 0.15) is 17.5 Å². The molecule has 4 heteroatoms. The highest BCUT2D eigenvalue weighted by atomic mass is 16.3. The van der Waals surface area contributed by atoms with Crippen LogP contribution in [0.15, 0.2) is 18.2 Å². The van der Waals surface area contributed by atoms with E-state index in [1.807, 2.05) is 12.1 Å². The first kappa shape index (κ1) is 11.1. The van der Waals surface area contributed by atoms with Gasteiger partial charge in [0.05, 0.1) is 6.61 Å². The van der Waals surface area contributed by atoms with Crippen molar-refractivity contribution in [3.63, 3.8) is 0 Å². The minimum Gasteiger partial charge on any atom is -0.395 e. The van der Waals surface area contributed by atoms with E-state index < -0.39 is 0 Å². The molecular weight excluding hydrogens is 204 g/mol. The number of carbonyl (C=O) groups excluding carboxylic acids is 1. The number of benzene rings is 1. The molecule has 16 heavy (non-hydrogen) atoms. The lowest BCUT2D eigenvalue weighted by Gasteiger charge is -2.18. The fourth-order valence-corrected chi connectivity index (χ4v) is 1.93. The van der Waals surface area contributed by atoms with Crippen molar-refractivity contribution in [1.82, 2.24) is 0 Å². The molecule has 86 valence electrons. The Morgan fingerprint density at radius 2 is 2.25 bits per heavy atom. The predicted molar refractivity (Wildman–Crippen MR) is 62.2 cm³/mol. The normalized spacial score (nSPS) is 16.5. The molecule has 1 atom stereocenters. The molecule has 4 N–H and O–H groups in total. The molecule has 1 aromatic carbocycles. The van der Waals surface area contributed by atoms with Gasteiger partial charge in [-0.3, -0.25) is 4.79 Å². The highest BCUT2D eigenvalue weighted by Crippen LogP contribution is 2.23. The Morgan fingerprint density at radius 3 is 3.00 bits per heavy atom. The van der Waals surface area contributed by atoms with Gasteiger partial charge in [0.15, 0.2) is 0 Å². The first-order valence-electron chi connectivity index (χ1n) is 5.47. The molecule has 1 aliphatic heterocycles. The molecule has 1 unspecified atom stereocenters. The maximum atomic E-state index is 11.2. The van der Waals surface area contributed by atoms with E-state index in [1.165, 1.54) is 0 Å². The monoisotopic (exact) mass is 220 g/mol. The number of hydrogen-bond acceptors (Lipinski definition) is 3. The fraction of sp³-hybridized carbons (Fsp3) is 0.417. The van der Waals surface area contributed by atoms with Crippen LogP contribution in [-0.4, -0.2) is 23.7 Å². The van der Waals surface area contributed by atoms with Crippen molar-refractivity contribution in [2.24, 2.45) is 5.73 Å². The molecule has 1 aromatic rings. The average Bonchev–Trinajstić information content (AvgIpc) is 2.29. The molecule has 1 amide bonds. The van der Waals surface area contributed by atoms with Gasteiger partial charge in [-0.05, 0) is 30.0 Å². The zero-order valence-electron chi connectivity index (χ0n) is 9.07. The molecule has 1 aliphatic rings. The number of carbonyl (C=O) groups is 1. The van der Waals surface area contributed by atoms with Crippen molar-refractivity contribution in [3.05, 3.63) is 29.3 Å². The Labute approximate surface area is 94.5 Å². The van der Waals surface area contributed by atoms with E-state index >= 15 is 0 Å². The van der Waals surface area contributed by atoms with Crippen molar-refractivity contribution >= 4 is 11.6 Å². The van der Waals surface area contributed by atoms with Crippen LogP contribution >= 0.6 is 0 Å². The Kier molecular flexibility index (Phi) is 3.22. The Balaban J connectivity index is 2.16. The highest BCUT2D eigenvalue weighted by Gasteiger charge is 2.15. The van der Waals surface area contributed by atoms with Gasteiger partial charge in [-0.25, -0.2) is 0 Å². The molecular formula is C12H16N2O2. The van der Waals surface area contributed by atoms with Gasteiger partial charge in [0, 0.05) is 18.2 Å². The summed E-state index contributed by atoms with van der Waals surface area (Å²) >= 11 is 0. The number of rotatable bonds is 3. The summed E-state index contributed by atoms with van der Waals surface area (Å²) < 4.78 is 0. The minimum atomic E-state index is -0.212. The first-order valence-corrected chi connectivity index (χ1v) is 5.47. The molecule has 0 fully saturated rings. The van der Waals surface area contributed by atoms with E-state index in [2.05, 4.69) is 11.4 Å². The number of nitrogens with one attached hydrogen (secondary N) is 1. The van der Waals surface area contributed by atoms with Gasteiger partial charge in [0.25, 0.3) is 0 Å². The van der Waals surface area contributed by atoms with Gasteiger partial charge in [0.2, 0.25) is 5.91 Å². The third-order valence-electron chi connectivity index (χ3n) is 2.80. The minimum absolute atomic E-state index is 0.00613. The molecule has 0 aliphatic carbocycles. The standard InChI is InChI=1S/C12H16N2O2/c13-10(7-15)6-8-1-3-11-9(5-8)2-4-12(16)14-11/h1,3,5,10,15H,2,4,6-7,13H2,(H,14,16). The number of anilines is 1. The van der Waals surface area contributed by atoms with E-state index in [0.717, 1.165) is 23.2 Å². The van der Waals surface area contributed by atoms with Crippen LogP contribution in [-0.2, 0) is 17.6 Å². The van der Waals surface area contributed by atoms with E-state index in [9.17, 15) is 4.79 Å². The van der Waals surface area contributed by atoms with Gasteiger partial charge in [0.1, 0.15) is 0 Å². The van der Waals surface area contributed by atoms with Gasteiger partial charge < -0.3 is 16.2 Å². The second-order valence-corrected chi connectivity index (χ2v) is 4.19. The van der Waals surface area contributed by atoms with E-state index in [0.29, 0.717) is 12.8 Å². The zero-order valence-corrected chi connectivity index (χ0v) is 9.07. The average molecular weight is 220 g/mol. The van der Waals surface area contributed by atoms with Crippen LogP contribution in [0.4, 0.5) is 5.69 Å². The van der Waals surface area contributed by atoms with Crippen LogP contribution in [0.3, 0.4) is 0 Å². The Bertz CT molecular complexity index is 404. The molecule has 0 aromatic heterocycles. The van der Waals surface area contributed by atoms with Crippen molar-refractivity contribution in [2.45, 2.75) is 25.3 Å². The smallest absolute Gasteiger partial charge is 0.224 e. The molecule has 0 saturated carbocycles. The molecule has 1 heterocycles. The molecule has 4 nitrogen and oxygen atoms in total. The number of nitrogens with two attached hydrogens (primary N) is 1. The lowest BCUT2D eigenvalue weighted by atomic mass is 9.98. The predicted octanol–water partition coefficient (Wildman–Crippen LogP) is 0.433. The van der Waals surface area contributed by atoms with Gasteiger partial charge >= 0.3 is 0 Å². The summed E-state index contributed by atoms with van der Waals surface area (Å²) in [4.78, 5) is 11.2. The summed E-state index contributed by atoms with van der Waals surface area (Å²) in [7, 11) is 0. The molecule has 2 rings (SSSR count). The SMILES string of the molecule is NC(CO)Cc1ccc2c(c1)CCC(=O)N2. The van der Waals surface area contributed by atoms with Crippen LogP contribution in [0.2, 0.25) is 0 Å². The second kappa shape index (κ2) is 4.63. The number of amides is 1. The van der Waals surface area contributed by atoms with Crippen LogP contribution < -0.4 is 11.1 Å². The molecule has 0 bridgehead atoms. The van der Waals surface area contributed by atoms with Crippen LogP contribution in [0.5, 0.6) is 0 Å². The summed E-state index contributed by atoms with van der Waals surface area (Å²) in [5.74, 6) is 0.0762. The topological polar surface area (TPSA) is 75.3 Å². The second-order valence-electron chi connectivity index (χ2n) is 4.19. The summed E-state index contributed by atoms with van der Waals surface area (Å²) in [6.45, 7) is -0.00613. The van der Waals surface area contributed by atoms with Crippen molar-refractivity contribution in [3.8, 4) is 0 Å². The molecule has 0 saturated heterocycles. The summed E-state index contributed by atoms with van der Waals surface area (Å²) in [6, 6.07) is 5.70.